The van der Waals surface area contributed by atoms with Crippen LogP contribution >= 0.6 is 0 Å². The molecule has 4 rings (SSSR count). The predicted octanol–water partition coefficient (Wildman–Crippen LogP) is 5.03. The van der Waals surface area contributed by atoms with Gasteiger partial charge in [-0.1, -0.05) is 77.1 Å². The van der Waals surface area contributed by atoms with Crippen molar-refractivity contribution in [3.8, 4) is 0 Å². The summed E-state index contributed by atoms with van der Waals surface area (Å²) in [5.74, 6) is 0.337. The van der Waals surface area contributed by atoms with Crippen molar-refractivity contribution in [1.29, 1.82) is 0 Å². The van der Waals surface area contributed by atoms with Crippen molar-refractivity contribution in [2.24, 2.45) is 5.92 Å². The van der Waals surface area contributed by atoms with E-state index in [-0.39, 0.29) is 23.2 Å². The largest absolute Gasteiger partial charge is 0.333 e. The highest BCUT2D eigenvalue weighted by Crippen LogP contribution is 2.27. The van der Waals surface area contributed by atoms with Gasteiger partial charge in [-0.25, -0.2) is 9.78 Å². The van der Waals surface area contributed by atoms with Crippen LogP contribution in [-0.4, -0.2) is 18.7 Å². The van der Waals surface area contributed by atoms with Crippen molar-refractivity contribution in [3.63, 3.8) is 0 Å². The lowest BCUT2D eigenvalue weighted by atomic mass is 9.84. The van der Waals surface area contributed by atoms with Crippen LogP contribution in [0.3, 0.4) is 0 Å². The first-order valence-corrected chi connectivity index (χ1v) is 12.3. The summed E-state index contributed by atoms with van der Waals surface area (Å²) in [5.41, 5.74) is 5.75. The van der Waals surface area contributed by atoms with Gasteiger partial charge in [-0.05, 0) is 53.0 Å². The van der Waals surface area contributed by atoms with Gasteiger partial charge in [0, 0.05) is 6.54 Å². The fraction of sp³-hybridized carbons (Fsp3) is 0.414. The third-order valence-corrected chi connectivity index (χ3v) is 6.61. The summed E-state index contributed by atoms with van der Waals surface area (Å²) in [5, 5.41) is 0. The number of aromatic nitrogens is 4. The molecule has 4 aromatic rings. The number of imidazole rings is 1. The van der Waals surface area contributed by atoms with Crippen LogP contribution in [0.25, 0.3) is 11.2 Å². The molecule has 0 saturated carbocycles. The molecule has 0 N–H and O–H groups in total. The van der Waals surface area contributed by atoms with Crippen LogP contribution in [0, 0.1) is 19.8 Å². The number of hydrogen-bond donors (Lipinski definition) is 0. The lowest BCUT2D eigenvalue weighted by molar-refractivity contribution is 0.529. The molecule has 2 heterocycles. The molecule has 0 aliphatic heterocycles. The summed E-state index contributed by atoms with van der Waals surface area (Å²) >= 11 is 0. The Bertz CT molecular complexity index is 1460. The Morgan fingerprint density at radius 3 is 2.11 bits per heavy atom. The molecular formula is C29H36N4O2. The molecule has 184 valence electrons. The average molecular weight is 473 g/mol. The smallest absolute Gasteiger partial charge is 0.324 e. The summed E-state index contributed by atoms with van der Waals surface area (Å²) in [4.78, 5) is 32.1. The van der Waals surface area contributed by atoms with Gasteiger partial charge in [-0.3, -0.25) is 13.9 Å². The molecule has 0 unspecified atom stereocenters. The van der Waals surface area contributed by atoms with E-state index in [1.807, 2.05) is 34.9 Å². The van der Waals surface area contributed by atoms with Crippen LogP contribution in [0.2, 0.25) is 0 Å². The van der Waals surface area contributed by atoms with Crippen LogP contribution < -0.4 is 11.2 Å². The van der Waals surface area contributed by atoms with Crippen molar-refractivity contribution in [3.05, 3.63) is 97.4 Å². The van der Waals surface area contributed by atoms with Crippen LogP contribution in [0.1, 0.15) is 62.4 Å². The first-order valence-electron chi connectivity index (χ1n) is 12.3. The number of nitrogens with zero attached hydrogens (tertiary/aromatic N) is 4. The summed E-state index contributed by atoms with van der Waals surface area (Å²) < 4.78 is 4.91. The fourth-order valence-electron chi connectivity index (χ4n) is 4.65. The van der Waals surface area contributed by atoms with Gasteiger partial charge in [0.25, 0.3) is 5.56 Å². The molecule has 0 spiro atoms. The van der Waals surface area contributed by atoms with Gasteiger partial charge in [-0.2, -0.15) is 0 Å². The Labute approximate surface area is 206 Å². The molecule has 6 nitrogen and oxygen atoms in total. The maximum absolute atomic E-state index is 13.8. The zero-order valence-corrected chi connectivity index (χ0v) is 21.9. The number of aryl methyl sites for hydroxylation is 2. The highest BCUT2D eigenvalue weighted by molar-refractivity contribution is 5.70. The summed E-state index contributed by atoms with van der Waals surface area (Å²) in [6.45, 7) is 16.2. The van der Waals surface area contributed by atoms with E-state index in [9.17, 15) is 9.59 Å². The monoisotopic (exact) mass is 472 g/mol. The van der Waals surface area contributed by atoms with Crippen LogP contribution in [0.15, 0.2) is 58.4 Å². The first-order chi connectivity index (χ1) is 16.5. The molecule has 0 amide bonds. The van der Waals surface area contributed by atoms with Gasteiger partial charge < -0.3 is 4.57 Å². The van der Waals surface area contributed by atoms with Crippen LogP contribution in [0.4, 0.5) is 0 Å². The summed E-state index contributed by atoms with van der Waals surface area (Å²) in [6, 6.07) is 14.2. The van der Waals surface area contributed by atoms with Crippen molar-refractivity contribution in [1.82, 2.24) is 18.7 Å². The highest BCUT2D eigenvalue weighted by Gasteiger charge is 2.21. The van der Waals surface area contributed by atoms with Gasteiger partial charge in [0.15, 0.2) is 11.2 Å². The molecule has 0 fully saturated rings. The van der Waals surface area contributed by atoms with Crippen LogP contribution in [-0.2, 0) is 25.0 Å². The predicted molar refractivity (Wildman–Crippen MR) is 142 cm³/mol. The Balaban J connectivity index is 1.93. The van der Waals surface area contributed by atoms with Gasteiger partial charge in [-0.15, -0.1) is 0 Å². The van der Waals surface area contributed by atoms with E-state index >= 15 is 0 Å². The van der Waals surface area contributed by atoms with Crippen molar-refractivity contribution >= 4 is 11.2 Å². The SMILES string of the molecule is Cc1cc(C(C)(C)C)cc(C)c1Cn1c(=O)c2c(ncn2CC(C)C)n(Cc2ccccc2)c1=O. The molecule has 35 heavy (non-hydrogen) atoms. The van der Waals surface area contributed by atoms with E-state index in [0.717, 1.165) is 22.3 Å². The number of hydrogen-bond acceptors (Lipinski definition) is 3. The topological polar surface area (TPSA) is 61.8 Å². The van der Waals surface area contributed by atoms with Crippen molar-refractivity contribution in [2.75, 3.05) is 0 Å². The van der Waals surface area contributed by atoms with Gasteiger partial charge in [0.1, 0.15) is 0 Å². The van der Waals surface area contributed by atoms with E-state index in [1.165, 1.54) is 10.1 Å². The molecule has 0 aliphatic carbocycles. The normalized spacial score (nSPS) is 12.1. The highest BCUT2D eigenvalue weighted by atomic mass is 16.2. The maximum atomic E-state index is 13.8. The van der Waals surface area contributed by atoms with Gasteiger partial charge in [0.2, 0.25) is 0 Å². The third-order valence-electron chi connectivity index (χ3n) is 6.61. The number of fused-ring (bicyclic) bond motifs is 1. The van der Waals surface area contributed by atoms with E-state index in [4.69, 9.17) is 0 Å². The maximum Gasteiger partial charge on any atom is 0.333 e. The molecular weight excluding hydrogens is 436 g/mol. The van der Waals surface area contributed by atoms with E-state index in [2.05, 4.69) is 65.6 Å². The Morgan fingerprint density at radius 1 is 0.914 bits per heavy atom. The van der Waals surface area contributed by atoms with Crippen molar-refractivity contribution in [2.45, 2.75) is 73.5 Å². The van der Waals surface area contributed by atoms with E-state index < -0.39 is 0 Å². The molecule has 2 aromatic carbocycles. The summed E-state index contributed by atoms with van der Waals surface area (Å²) in [7, 11) is 0. The van der Waals surface area contributed by atoms with Gasteiger partial charge in [0.05, 0.1) is 19.4 Å². The third kappa shape index (κ3) is 4.88. The average Bonchev–Trinajstić information content (AvgIpc) is 3.18. The first kappa shape index (κ1) is 24.7. The quantitative estimate of drug-likeness (QED) is 0.396. The molecule has 0 atom stereocenters. The minimum atomic E-state index is -0.333. The minimum absolute atomic E-state index is 0.0234. The molecule has 0 aliphatic rings. The van der Waals surface area contributed by atoms with Gasteiger partial charge >= 0.3 is 5.69 Å². The number of rotatable bonds is 6. The Kier molecular flexibility index (Phi) is 6.58. The van der Waals surface area contributed by atoms with Crippen LogP contribution in [0.5, 0.6) is 0 Å². The lowest BCUT2D eigenvalue weighted by Crippen LogP contribution is -2.41. The lowest BCUT2D eigenvalue weighted by Gasteiger charge is -2.23. The van der Waals surface area contributed by atoms with E-state index in [0.29, 0.717) is 30.2 Å². The zero-order valence-electron chi connectivity index (χ0n) is 21.9. The van der Waals surface area contributed by atoms with Crippen molar-refractivity contribution < 1.29 is 0 Å². The Morgan fingerprint density at radius 2 is 1.54 bits per heavy atom. The van der Waals surface area contributed by atoms with E-state index in [1.54, 1.807) is 10.9 Å². The second-order valence-corrected chi connectivity index (χ2v) is 11.0. The number of benzene rings is 2. The Hall–Kier alpha value is -3.41. The fourth-order valence-corrected chi connectivity index (χ4v) is 4.65. The second kappa shape index (κ2) is 9.33. The minimum Gasteiger partial charge on any atom is -0.324 e. The second-order valence-electron chi connectivity index (χ2n) is 11.0. The molecule has 0 radical (unpaired) electrons. The molecule has 0 bridgehead atoms. The molecule has 2 aromatic heterocycles. The summed E-state index contributed by atoms with van der Waals surface area (Å²) in [6.07, 6.45) is 1.69. The standard InChI is InChI=1S/C29H36N4O2/c1-19(2)15-31-18-30-26-25(31)27(34)33(28(35)32(26)16-22-11-9-8-10-12-22)17-24-20(3)13-23(14-21(24)4)29(5,6)7/h8-14,18-19H,15-17H2,1-7H3. The molecule has 0 saturated heterocycles. The zero-order chi connectivity index (χ0) is 25.5. The molecule has 6 heteroatoms.